The summed E-state index contributed by atoms with van der Waals surface area (Å²) in [5.74, 6) is 0. The summed E-state index contributed by atoms with van der Waals surface area (Å²) in [4.78, 5) is 4.05. The molecule has 2 aromatic heterocycles. The SMILES string of the molecule is Cc1cncc(-c2cnn(CC(F)F)c2)c1. The van der Waals surface area contributed by atoms with Gasteiger partial charge in [0.25, 0.3) is 6.43 Å². The second-order valence-electron chi connectivity index (χ2n) is 3.59. The first-order valence-electron chi connectivity index (χ1n) is 4.88. The third-order valence-corrected chi connectivity index (χ3v) is 2.17. The Hall–Kier alpha value is -1.78. The van der Waals surface area contributed by atoms with Gasteiger partial charge in [-0.2, -0.15) is 5.10 Å². The van der Waals surface area contributed by atoms with Crippen molar-refractivity contribution in [3.63, 3.8) is 0 Å². The van der Waals surface area contributed by atoms with Gasteiger partial charge in [0, 0.05) is 29.7 Å². The zero-order chi connectivity index (χ0) is 11.5. The zero-order valence-electron chi connectivity index (χ0n) is 8.77. The molecule has 0 fully saturated rings. The third kappa shape index (κ3) is 2.42. The standard InChI is InChI=1S/C11H11F2N3/c1-8-2-9(4-14-3-8)10-5-15-16(6-10)7-11(12)13/h2-6,11H,7H2,1H3. The summed E-state index contributed by atoms with van der Waals surface area (Å²) < 4.78 is 25.5. The molecular formula is C11H11F2N3. The van der Waals surface area contributed by atoms with Crippen molar-refractivity contribution in [3.8, 4) is 11.1 Å². The monoisotopic (exact) mass is 223 g/mol. The quantitative estimate of drug-likeness (QED) is 0.800. The van der Waals surface area contributed by atoms with Crippen molar-refractivity contribution in [2.45, 2.75) is 19.9 Å². The van der Waals surface area contributed by atoms with Gasteiger partial charge in [0.05, 0.1) is 6.20 Å². The van der Waals surface area contributed by atoms with Crippen LogP contribution in [0.4, 0.5) is 8.78 Å². The molecule has 0 aliphatic carbocycles. The van der Waals surface area contributed by atoms with E-state index in [1.807, 2.05) is 13.0 Å². The van der Waals surface area contributed by atoms with Crippen LogP contribution in [0.5, 0.6) is 0 Å². The predicted octanol–water partition coefficient (Wildman–Crippen LogP) is 2.52. The van der Waals surface area contributed by atoms with E-state index >= 15 is 0 Å². The van der Waals surface area contributed by atoms with Gasteiger partial charge in [-0.15, -0.1) is 0 Å². The molecule has 0 bridgehead atoms. The Morgan fingerprint density at radius 2 is 2.06 bits per heavy atom. The molecule has 0 saturated heterocycles. The van der Waals surface area contributed by atoms with Gasteiger partial charge < -0.3 is 0 Å². The minimum absolute atomic E-state index is 0.376. The average molecular weight is 223 g/mol. The van der Waals surface area contributed by atoms with Crippen LogP contribution in [0.3, 0.4) is 0 Å². The van der Waals surface area contributed by atoms with E-state index in [2.05, 4.69) is 10.1 Å². The number of alkyl halides is 2. The maximum Gasteiger partial charge on any atom is 0.257 e. The van der Waals surface area contributed by atoms with Crippen LogP contribution in [0.15, 0.2) is 30.9 Å². The lowest BCUT2D eigenvalue weighted by atomic mass is 10.1. The molecule has 0 saturated carbocycles. The number of hydrogen-bond acceptors (Lipinski definition) is 2. The molecular weight excluding hydrogens is 212 g/mol. The highest BCUT2D eigenvalue weighted by atomic mass is 19.3. The second kappa shape index (κ2) is 4.38. The fourth-order valence-corrected chi connectivity index (χ4v) is 1.47. The summed E-state index contributed by atoms with van der Waals surface area (Å²) in [7, 11) is 0. The first-order chi connectivity index (χ1) is 7.65. The fraction of sp³-hybridized carbons (Fsp3) is 0.273. The molecule has 0 spiro atoms. The van der Waals surface area contributed by atoms with Gasteiger partial charge in [0.15, 0.2) is 0 Å². The maximum absolute atomic E-state index is 12.1. The molecule has 0 atom stereocenters. The smallest absolute Gasteiger partial charge is 0.257 e. The van der Waals surface area contributed by atoms with E-state index in [9.17, 15) is 8.78 Å². The minimum Gasteiger partial charge on any atom is -0.266 e. The molecule has 16 heavy (non-hydrogen) atoms. The van der Waals surface area contributed by atoms with Crippen LogP contribution in [0, 0.1) is 6.92 Å². The maximum atomic E-state index is 12.1. The molecule has 0 aliphatic heterocycles. The number of halogens is 2. The van der Waals surface area contributed by atoms with Gasteiger partial charge in [-0.3, -0.25) is 9.67 Å². The highest BCUT2D eigenvalue weighted by molar-refractivity contribution is 5.61. The van der Waals surface area contributed by atoms with Crippen molar-refractivity contribution in [2.24, 2.45) is 0 Å². The summed E-state index contributed by atoms with van der Waals surface area (Å²) in [6.07, 6.45) is 4.22. The van der Waals surface area contributed by atoms with E-state index in [1.54, 1.807) is 24.8 Å². The Morgan fingerprint density at radius 1 is 1.25 bits per heavy atom. The average Bonchev–Trinajstić information content (AvgIpc) is 2.65. The van der Waals surface area contributed by atoms with Crippen molar-refractivity contribution in [2.75, 3.05) is 0 Å². The van der Waals surface area contributed by atoms with Crippen LogP contribution in [-0.2, 0) is 6.54 Å². The second-order valence-corrected chi connectivity index (χ2v) is 3.59. The molecule has 0 radical (unpaired) electrons. The molecule has 0 aliphatic rings. The van der Waals surface area contributed by atoms with Crippen molar-refractivity contribution < 1.29 is 8.78 Å². The van der Waals surface area contributed by atoms with Crippen molar-refractivity contribution in [3.05, 3.63) is 36.4 Å². The van der Waals surface area contributed by atoms with Crippen LogP contribution < -0.4 is 0 Å². The largest absolute Gasteiger partial charge is 0.266 e. The summed E-state index contributed by atoms with van der Waals surface area (Å²) in [6.45, 7) is 1.55. The Balaban J connectivity index is 2.24. The Kier molecular flexibility index (Phi) is 2.94. The predicted molar refractivity (Wildman–Crippen MR) is 56.2 cm³/mol. The lowest BCUT2D eigenvalue weighted by Crippen LogP contribution is -2.06. The van der Waals surface area contributed by atoms with E-state index < -0.39 is 6.43 Å². The lowest BCUT2D eigenvalue weighted by Gasteiger charge is -1.99. The van der Waals surface area contributed by atoms with E-state index in [0.29, 0.717) is 0 Å². The topological polar surface area (TPSA) is 30.7 Å². The summed E-state index contributed by atoms with van der Waals surface area (Å²) >= 11 is 0. The van der Waals surface area contributed by atoms with E-state index in [4.69, 9.17) is 0 Å². The van der Waals surface area contributed by atoms with Gasteiger partial charge in [0.1, 0.15) is 6.54 Å². The third-order valence-electron chi connectivity index (χ3n) is 2.17. The van der Waals surface area contributed by atoms with Gasteiger partial charge in [-0.1, -0.05) is 0 Å². The molecule has 0 N–H and O–H groups in total. The van der Waals surface area contributed by atoms with Crippen LogP contribution in [0.1, 0.15) is 5.56 Å². The number of nitrogens with zero attached hydrogens (tertiary/aromatic N) is 3. The number of aromatic nitrogens is 3. The number of hydrogen-bond donors (Lipinski definition) is 0. The fourth-order valence-electron chi connectivity index (χ4n) is 1.47. The van der Waals surface area contributed by atoms with Crippen LogP contribution in [0.25, 0.3) is 11.1 Å². The number of aryl methyl sites for hydroxylation is 1. The zero-order valence-corrected chi connectivity index (χ0v) is 8.77. The number of pyridine rings is 1. The summed E-state index contributed by atoms with van der Waals surface area (Å²) in [6, 6.07) is 1.94. The number of rotatable bonds is 3. The van der Waals surface area contributed by atoms with Crippen molar-refractivity contribution >= 4 is 0 Å². The van der Waals surface area contributed by atoms with Gasteiger partial charge >= 0.3 is 0 Å². The first-order valence-corrected chi connectivity index (χ1v) is 4.88. The Labute approximate surface area is 91.7 Å². The van der Waals surface area contributed by atoms with Crippen molar-refractivity contribution in [1.82, 2.24) is 14.8 Å². The van der Waals surface area contributed by atoms with Crippen molar-refractivity contribution in [1.29, 1.82) is 0 Å². The van der Waals surface area contributed by atoms with E-state index in [1.165, 1.54) is 4.68 Å². The Morgan fingerprint density at radius 3 is 2.75 bits per heavy atom. The molecule has 84 valence electrons. The molecule has 0 unspecified atom stereocenters. The first kappa shape index (κ1) is 10.7. The Bertz CT molecular complexity index is 480. The molecule has 2 heterocycles. The molecule has 0 aromatic carbocycles. The van der Waals surface area contributed by atoms with Crippen LogP contribution >= 0.6 is 0 Å². The van der Waals surface area contributed by atoms with E-state index in [0.717, 1.165) is 16.7 Å². The highest BCUT2D eigenvalue weighted by Gasteiger charge is 2.07. The van der Waals surface area contributed by atoms with Crippen LogP contribution in [-0.4, -0.2) is 21.2 Å². The molecule has 5 heteroatoms. The molecule has 0 amide bonds. The molecule has 2 aromatic rings. The summed E-state index contributed by atoms with van der Waals surface area (Å²) in [5.41, 5.74) is 2.72. The minimum atomic E-state index is -2.39. The van der Waals surface area contributed by atoms with E-state index in [-0.39, 0.29) is 6.54 Å². The van der Waals surface area contributed by atoms with Crippen LogP contribution in [0.2, 0.25) is 0 Å². The lowest BCUT2D eigenvalue weighted by molar-refractivity contribution is 0.122. The normalized spacial score (nSPS) is 11.0. The van der Waals surface area contributed by atoms with Gasteiger partial charge in [0.2, 0.25) is 0 Å². The highest BCUT2D eigenvalue weighted by Crippen LogP contribution is 2.18. The molecule has 3 nitrogen and oxygen atoms in total. The summed E-state index contributed by atoms with van der Waals surface area (Å²) in [5, 5.41) is 3.87. The molecule has 2 rings (SSSR count). The van der Waals surface area contributed by atoms with Gasteiger partial charge in [-0.05, 0) is 18.6 Å². The van der Waals surface area contributed by atoms with Gasteiger partial charge in [-0.25, -0.2) is 8.78 Å².